The molecule has 1 aromatic heterocycles. The van der Waals surface area contributed by atoms with Crippen LogP contribution in [-0.4, -0.2) is 70.3 Å². The zero-order chi connectivity index (χ0) is 21.6. The summed E-state index contributed by atoms with van der Waals surface area (Å²) >= 11 is 1.14. The van der Waals surface area contributed by atoms with Crippen LogP contribution in [0.1, 0.15) is 41.2 Å². The number of aliphatic hydroxyl groups excluding tert-OH is 2. The van der Waals surface area contributed by atoms with Crippen molar-refractivity contribution >= 4 is 35.1 Å². The van der Waals surface area contributed by atoms with E-state index in [0.717, 1.165) is 11.8 Å². The number of hydrogen-bond acceptors (Lipinski definition) is 9. The fourth-order valence-electron chi connectivity index (χ4n) is 2.35. The Labute approximate surface area is 171 Å². The molecule has 2 amide bonds. The quantitative estimate of drug-likeness (QED) is 0.368. The summed E-state index contributed by atoms with van der Waals surface area (Å²) in [5, 5.41) is 27.5. The van der Waals surface area contributed by atoms with Crippen molar-refractivity contribution < 1.29 is 33.9 Å². The molecule has 2 rings (SSSR count). The van der Waals surface area contributed by atoms with Gasteiger partial charge in [0.1, 0.15) is 6.10 Å². The van der Waals surface area contributed by atoms with Crippen LogP contribution in [0.3, 0.4) is 0 Å². The Kier molecular flexibility index (Phi) is 7.71. The Morgan fingerprint density at radius 1 is 1.28 bits per heavy atom. The number of carbonyl (C=O) groups is 4. The topological polar surface area (TPSA) is 159 Å². The molecular weight excluding hydrogens is 402 g/mol. The van der Waals surface area contributed by atoms with E-state index < -0.39 is 23.2 Å². The van der Waals surface area contributed by atoms with Crippen molar-refractivity contribution in [2.75, 3.05) is 25.4 Å². The van der Waals surface area contributed by atoms with Gasteiger partial charge >= 0.3 is 0 Å². The fourth-order valence-corrected chi connectivity index (χ4v) is 3.20. The predicted octanol–water partition coefficient (Wildman–Crippen LogP) is -0.327. The molecule has 11 heteroatoms. The molecule has 1 unspecified atom stereocenters. The first-order valence-electron chi connectivity index (χ1n) is 8.89. The highest BCUT2D eigenvalue weighted by molar-refractivity contribution is 8.04. The van der Waals surface area contributed by atoms with E-state index in [1.54, 1.807) is 13.8 Å². The Balaban J connectivity index is 1.66. The molecule has 0 radical (unpaired) electrons. The molecule has 0 fully saturated rings. The lowest BCUT2D eigenvalue weighted by atomic mass is 9.87. The number of aromatic nitrogens is 1. The summed E-state index contributed by atoms with van der Waals surface area (Å²) in [6, 6.07) is 0. The van der Waals surface area contributed by atoms with Crippen molar-refractivity contribution in [3.63, 3.8) is 0 Å². The van der Waals surface area contributed by atoms with Gasteiger partial charge in [-0.3, -0.25) is 19.2 Å². The standard InChI is InChI=1S/C18H23N3O7S/c1-18(2,9-22)16(26)17(27)20-4-3-13(24)19-5-6-29-12-7-11(23)15-10(14(12)25)8-21-28-15/h7-8,16,22,26H,3-6,9H2,1-2H3,(H,19,24)(H,20,27). The number of Topliss-reactive ketones (excluding diaryl/α,β-unsaturated/α-hetero) is 1. The largest absolute Gasteiger partial charge is 0.396 e. The fraction of sp³-hybridized carbons (Fsp3) is 0.500. The average Bonchev–Trinajstić information content (AvgIpc) is 3.18. The molecule has 0 bridgehead atoms. The molecule has 1 aliphatic carbocycles. The Morgan fingerprint density at radius 2 is 2.00 bits per heavy atom. The van der Waals surface area contributed by atoms with Crippen LogP contribution in [0, 0.1) is 5.41 Å². The number of rotatable bonds is 10. The molecule has 0 saturated carbocycles. The number of carbonyl (C=O) groups excluding carboxylic acids is 4. The maximum absolute atomic E-state index is 12.2. The first kappa shape index (κ1) is 22.8. The van der Waals surface area contributed by atoms with Crippen LogP contribution in [0.2, 0.25) is 0 Å². The molecule has 0 aromatic carbocycles. The van der Waals surface area contributed by atoms with Crippen molar-refractivity contribution in [3.05, 3.63) is 28.5 Å². The SMILES string of the molecule is CC(C)(CO)C(O)C(=O)NCCC(=O)NCCSC1=CC(=O)c2oncc2C1=O. The van der Waals surface area contributed by atoms with Gasteiger partial charge in [0, 0.05) is 36.8 Å². The predicted molar refractivity (Wildman–Crippen MR) is 103 cm³/mol. The van der Waals surface area contributed by atoms with E-state index in [0.29, 0.717) is 5.75 Å². The van der Waals surface area contributed by atoms with Crippen LogP contribution in [0.4, 0.5) is 0 Å². The Morgan fingerprint density at radius 3 is 2.69 bits per heavy atom. The van der Waals surface area contributed by atoms with E-state index in [-0.39, 0.29) is 54.0 Å². The van der Waals surface area contributed by atoms with Gasteiger partial charge in [0.2, 0.25) is 29.1 Å². The van der Waals surface area contributed by atoms with E-state index in [9.17, 15) is 24.3 Å². The van der Waals surface area contributed by atoms with E-state index in [1.165, 1.54) is 12.3 Å². The molecule has 29 heavy (non-hydrogen) atoms. The van der Waals surface area contributed by atoms with Crippen molar-refractivity contribution in [3.8, 4) is 0 Å². The van der Waals surface area contributed by atoms with Crippen LogP contribution < -0.4 is 10.6 Å². The zero-order valence-electron chi connectivity index (χ0n) is 16.1. The highest BCUT2D eigenvalue weighted by Crippen LogP contribution is 2.27. The summed E-state index contributed by atoms with van der Waals surface area (Å²) in [5.74, 6) is -1.44. The molecule has 158 valence electrons. The number of thioether (sulfide) groups is 1. The molecule has 4 N–H and O–H groups in total. The maximum atomic E-state index is 12.2. The Hall–Kier alpha value is -2.50. The van der Waals surface area contributed by atoms with Gasteiger partial charge in [0.05, 0.1) is 23.3 Å². The molecule has 1 heterocycles. The summed E-state index contributed by atoms with van der Waals surface area (Å²) in [4.78, 5) is 47.9. The van der Waals surface area contributed by atoms with Gasteiger partial charge in [-0.15, -0.1) is 11.8 Å². The second-order valence-corrected chi connectivity index (χ2v) is 8.20. The Bertz CT molecular complexity index is 831. The molecule has 0 aliphatic heterocycles. The minimum Gasteiger partial charge on any atom is -0.396 e. The first-order chi connectivity index (χ1) is 13.7. The summed E-state index contributed by atoms with van der Waals surface area (Å²) in [6.45, 7) is 3.03. The van der Waals surface area contributed by atoms with Crippen LogP contribution >= 0.6 is 11.8 Å². The third kappa shape index (κ3) is 5.75. The smallest absolute Gasteiger partial charge is 0.249 e. The monoisotopic (exact) mass is 425 g/mol. The van der Waals surface area contributed by atoms with Crippen molar-refractivity contribution in [2.45, 2.75) is 26.4 Å². The molecule has 10 nitrogen and oxygen atoms in total. The molecule has 1 aliphatic rings. The lowest BCUT2D eigenvalue weighted by Gasteiger charge is -2.27. The van der Waals surface area contributed by atoms with Gasteiger partial charge in [-0.25, -0.2) is 0 Å². The number of hydrogen-bond donors (Lipinski definition) is 4. The molecule has 1 atom stereocenters. The van der Waals surface area contributed by atoms with Gasteiger partial charge in [-0.05, 0) is 0 Å². The minimum absolute atomic E-state index is 0.00679. The number of fused-ring (bicyclic) bond motifs is 1. The van der Waals surface area contributed by atoms with E-state index in [2.05, 4.69) is 15.8 Å². The van der Waals surface area contributed by atoms with Crippen molar-refractivity contribution in [1.82, 2.24) is 15.8 Å². The van der Waals surface area contributed by atoms with Crippen molar-refractivity contribution in [2.24, 2.45) is 5.41 Å². The number of nitrogens with zero attached hydrogens (tertiary/aromatic N) is 1. The van der Waals surface area contributed by atoms with Gasteiger partial charge < -0.3 is 25.4 Å². The van der Waals surface area contributed by atoms with Crippen LogP contribution in [-0.2, 0) is 9.59 Å². The first-order valence-corrected chi connectivity index (χ1v) is 9.87. The summed E-state index contributed by atoms with van der Waals surface area (Å²) in [5.41, 5.74) is -0.852. The molecule has 0 saturated heterocycles. The highest BCUT2D eigenvalue weighted by Gasteiger charge is 2.33. The van der Waals surface area contributed by atoms with Gasteiger partial charge in [0.25, 0.3) is 0 Å². The number of allylic oxidation sites excluding steroid dienone is 2. The van der Waals surface area contributed by atoms with Gasteiger partial charge in [0.15, 0.2) is 0 Å². The van der Waals surface area contributed by atoms with E-state index in [1.807, 2.05) is 0 Å². The van der Waals surface area contributed by atoms with Gasteiger partial charge in [-0.2, -0.15) is 0 Å². The zero-order valence-corrected chi connectivity index (χ0v) is 16.9. The second-order valence-electron chi connectivity index (χ2n) is 7.06. The normalized spacial score (nSPS) is 14.8. The number of aliphatic hydroxyl groups is 2. The van der Waals surface area contributed by atoms with Crippen LogP contribution in [0.15, 0.2) is 21.7 Å². The number of amides is 2. The molecule has 0 spiro atoms. The number of ketones is 2. The molecular formula is C18H23N3O7S. The third-order valence-corrected chi connectivity index (χ3v) is 5.28. The van der Waals surface area contributed by atoms with Crippen LogP contribution in [0.5, 0.6) is 0 Å². The lowest BCUT2D eigenvalue weighted by Crippen LogP contribution is -2.46. The second kappa shape index (κ2) is 9.81. The summed E-state index contributed by atoms with van der Waals surface area (Å²) in [6.07, 6.45) is 1.02. The number of nitrogens with one attached hydrogen (secondary N) is 2. The highest BCUT2D eigenvalue weighted by atomic mass is 32.2. The van der Waals surface area contributed by atoms with Gasteiger partial charge in [-0.1, -0.05) is 19.0 Å². The van der Waals surface area contributed by atoms with Crippen molar-refractivity contribution in [1.29, 1.82) is 0 Å². The third-order valence-electron chi connectivity index (χ3n) is 4.25. The summed E-state index contributed by atoms with van der Waals surface area (Å²) in [7, 11) is 0. The summed E-state index contributed by atoms with van der Waals surface area (Å²) < 4.78 is 4.75. The average molecular weight is 425 g/mol. The maximum Gasteiger partial charge on any atom is 0.249 e. The minimum atomic E-state index is -1.39. The molecule has 1 aromatic rings. The van der Waals surface area contributed by atoms with E-state index >= 15 is 0 Å². The lowest BCUT2D eigenvalue weighted by molar-refractivity contribution is -0.137. The van der Waals surface area contributed by atoms with E-state index in [4.69, 9.17) is 9.63 Å². The van der Waals surface area contributed by atoms with Crippen LogP contribution in [0.25, 0.3) is 0 Å².